The van der Waals surface area contributed by atoms with Crippen LogP contribution in [-0.2, 0) is 25.5 Å². The van der Waals surface area contributed by atoms with Gasteiger partial charge in [-0.05, 0) is 30.7 Å². The minimum Gasteiger partial charge on any atom is -0.368 e. The van der Waals surface area contributed by atoms with Crippen LogP contribution < -0.4 is 28.2 Å². The molecular weight excluding hydrogens is 426 g/mol. The van der Waals surface area contributed by atoms with Crippen molar-refractivity contribution in [2.75, 3.05) is 6.61 Å². The van der Waals surface area contributed by atoms with Gasteiger partial charge in [-0.2, -0.15) is 4.99 Å². The second-order valence-electron chi connectivity index (χ2n) is 6.56. The first-order valence-electron chi connectivity index (χ1n) is 9.20. The van der Waals surface area contributed by atoms with Crippen LogP contribution in [0.4, 0.5) is 5.69 Å². The van der Waals surface area contributed by atoms with Crippen LogP contribution in [0.25, 0.3) is 11.2 Å². The van der Waals surface area contributed by atoms with Crippen LogP contribution >= 0.6 is 11.6 Å². The lowest BCUT2D eigenvalue weighted by atomic mass is 10.3. The molecule has 0 fully saturated rings. The first-order valence-corrected chi connectivity index (χ1v) is 9.58. The summed E-state index contributed by atoms with van der Waals surface area (Å²) in [6, 6.07) is 6.75. The summed E-state index contributed by atoms with van der Waals surface area (Å²) in [7, 11) is 3.01. The third kappa shape index (κ3) is 5.10. The van der Waals surface area contributed by atoms with Gasteiger partial charge in [0.25, 0.3) is 5.56 Å². The van der Waals surface area contributed by atoms with Gasteiger partial charge in [0.1, 0.15) is 5.65 Å². The molecule has 0 radical (unpaired) electrons. The van der Waals surface area contributed by atoms with Crippen LogP contribution in [0.2, 0.25) is 5.02 Å². The van der Waals surface area contributed by atoms with Crippen LogP contribution in [0.15, 0.2) is 50.2 Å². The van der Waals surface area contributed by atoms with Crippen molar-refractivity contribution in [1.29, 1.82) is 0 Å². The quantitative estimate of drug-likeness (QED) is 0.207. The average molecular weight is 448 g/mol. The molecule has 0 atom stereocenters. The highest BCUT2D eigenvalue weighted by Gasteiger charge is 2.13. The molecule has 31 heavy (non-hydrogen) atoms. The third-order valence-corrected chi connectivity index (χ3v) is 4.59. The van der Waals surface area contributed by atoms with Crippen LogP contribution in [0.3, 0.4) is 0 Å². The van der Waals surface area contributed by atoms with Crippen molar-refractivity contribution in [3.05, 3.63) is 56.5 Å². The van der Waals surface area contributed by atoms with E-state index in [0.29, 0.717) is 29.3 Å². The second kappa shape index (κ2) is 9.45. The van der Waals surface area contributed by atoms with E-state index in [1.54, 1.807) is 35.9 Å². The summed E-state index contributed by atoms with van der Waals surface area (Å²) in [6.07, 6.45) is 2.06. The van der Waals surface area contributed by atoms with E-state index in [4.69, 9.17) is 27.9 Å². The lowest BCUT2D eigenvalue weighted by Gasteiger charge is -2.09. The van der Waals surface area contributed by atoms with Gasteiger partial charge >= 0.3 is 5.69 Å². The number of imidazole rings is 1. The number of hydrogen-bond acceptors (Lipinski definition) is 5. The fourth-order valence-corrected chi connectivity index (χ4v) is 2.98. The maximum absolute atomic E-state index is 12.2. The molecule has 12 nitrogen and oxygen atoms in total. The van der Waals surface area contributed by atoms with Crippen LogP contribution in [0.5, 0.6) is 0 Å². The van der Waals surface area contributed by atoms with Crippen LogP contribution in [0, 0.1) is 0 Å². The fraction of sp³-hybridized carbons (Fsp3) is 0.278. The second-order valence-corrected chi connectivity index (χ2v) is 7.00. The SMILES string of the molecule is Cn1c(=O)c2ncn(CCCON/C(N)=N\C(N)=Nc3ccc(Cl)cc3)c2n(C)c1=O. The molecule has 2 aromatic heterocycles. The molecule has 0 amide bonds. The average Bonchev–Trinajstić information content (AvgIpc) is 3.16. The van der Waals surface area contributed by atoms with E-state index in [1.807, 2.05) is 0 Å². The maximum Gasteiger partial charge on any atom is 0.332 e. The molecule has 0 bridgehead atoms. The van der Waals surface area contributed by atoms with Gasteiger partial charge in [-0.25, -0.2) is 20.3 Å². The number of benzene rings is 1. The summed E-state index contributed by atoms with van der Waals surface area (Å²) in [5, 5.41) is 0.587. The molecule has 0 saturated heterocycles. The van der Waals surface area contributed by atoms with Crippen LogP contribution in [-0.4, -0.2) is 37.2 Å². The van der Waals surface area contributed by atoms with E-state index in [-0.39, 0.29) is 24.0 Å². The number of guanidine groups is 2. The van der Waals surface area contributed by atoms with Gasteiger partial charge in [-0.3, -0.25) is 18.8 Å². The first kappa shape index (κ1) is 22.1. The standard InChI is InChI=1S/C18H22ClN9O3/c1-26-14-13(15(29)27(2)18(26)30)22-10-28(14)8-3-9-31-25-17(21)24-16(20)23-12-6-4-11(19)5-7-12/h4-7,10H,3,8-9H2,1-2H3,(H5,20,21,23,24,25). The van der Waals surface area contributed by atoms with Crippen molar-refractivity contribution in [2.24, 2.45) is 35.5 Å². The van der Waals surface area contributed by atoms with Gasteiger partial charge in [-0.1, -0.05) is 11.6 Å². The lowest BCUT2D eigenvalue weighted by molar-refractivity contribution is 0.0800. The number of aryl methyl sites for hydroxylation is 2. The number of aliphatic imine (C=N–C) groups is 2. The Morgan fingerprint density at radius 1 is 1.19 bits per heavy atom. The smallest absolute Gasteiger partial charge is 0.332 e. The van der Waals surface area contributed by atoms with Gasteiger partial charge in [0.05, 0.1) is 18.6 Å². The minimum atomic E-state index is -0.434. The van der Waals surface area contributed by atoms with E-state index in [9.17, 15) is 9.59 Å². The van der Waals surface area contributed by atoms with Crippen molar-refractivity contribution in [3.8, 4) is 0 Å². The summed E-state index contributed by atoms with van der Waals surface area (Å²) in [5.41, 5.74) is 14.3. The van der Waals surface area contributed by atoms with Gasteiger partial charge in [0.2, 0.25) is 11.9 Å². The molecule has 164 valence electrons. The molecule has 0 aliphatic carbocycles. The van der Waals surface area contributed by atoms with Crippen molar-refractivity contribution < 1.29 is 4.84 Å². The molecule has 0 spiro atoms. The molecule has 2 heterocycles. The Bertz CT molecular complexity index is 1260. The normalized spacial score (nSPS) is 12.5. The van der Waals surface area contributed by atoms with Crippen molar-refractivity contribution in [1.82, 2.24) is 24.2 Å². The first-order chi connectivity index (χ1) is 14.8. The number of fused-ring (bicyclic) bond motifs is 1. The maximum atomic E-state index is 12.2. The minimum absolute atomic E-state index is 0.0525. The Kier molecular flexibility index (Phi) is 6.72. The molecule has 3 aromatic rings. The molecule has 13 heteroatoms. The van der Waals surface area contributed by atoms with E-state index < -0.39 is 11.2 Å². The molecule has 1 aromatic carbocycles. The van der Waals surface area contributed by atoms with E-state index in [1.165, 1.54) is 17.9 Å². The number of aromatic nitrogens is 4. The number of hydrogen-bond donors (Lipinski definition) is 3. The lowest BCUT2D eigenvalue weighted by Crippen LogP contribution is -2.37. The predicted octanol–water partition coefficient (Wildman–Crippen LogP) is -0.0405. The zero-order valence-electron chi connectivity index (χ0n) is 16.9. The molecule has 0 aliphatic heterocycles. The number of rotatable bonds is 6. The topological polar surface area (TPSA) is 160 Å². The Balaban J connectivity index is 1.53. The van der Waals surface area contributed by atoms with Gasteiger partial charge < -0.3 is 16.0 Å². The Labute approximate surface area is 181 Å². The summed E-state index contributed by atoms with van der Waals surface area (Å²) in [6.45, 7) is 0.735. The summed E-state index contributed by atoms with van der Waals surface area (Å²) < 4.78 is 4.13. The number of nitrogens with zero attached hydrogens (tertiary/aromatic N) is 6. The van der Waals surface area contributed by atoms with Crippen LogP contribution in [0.1, 0.15) is 6.42 Å². The summed E-state index contributed by atoms with van der Waals surface area (Å²) in [4.78, 5) is 41.6. The molecule has 0 saturated carbocycles. The zero-order chi connectivity index (χ0) is 22.5. The van der Waals surface area contributed by atoms with E-state index >= 15 is 0 Å². The summed E-state index contributed by atoms with van der Waals surface area (Å²) >= 11 is 5.82. The molecule has 3 rings (SSSR count). The highest BCUT2D eigenvalue weighted by atomic mass is 35.5. The number of nitrogens with one attached hydrogen (secondary N) is 1. The van der Waals surface area contributed by atoms with Gasteiger partial charge in [0, 0.05) is 25.7 Å². The van der Waals surface area contributed by atoms with Gasteiger partial charge in [-0.15, -0.1) is 0 Å². The molecule has 0 unspecified atom stereocenters. The fourth-order valence-electron chi connectivity index (χ4n) is 2.85. The Morgan fingerprint density at radius 2 is 1.90 bits per heavy atom. The van der Waals surface area contributed by atoms with E-state index in [0.717, 1.165) is 4.57 Å². The molecular formula is C18H22ClN9O3. The molecule has 5 N–H and O–H groups in total. The highest BCUT2D eigenvalue weighted by Crippen LogP contribution is 2.16. The molecule has 0 aliphatic rings. The monoisotopic (exact) mass is 447 g/mol. The Hall–Kier alpha value is -3.64. The highest BCUT2D eigenvalue weighted by molar-refractivity contribution is 6.30. The number of halogens is 1. The third-order valence-electron chi connectivity index (χ3n) is 4.34. The largest absolute Gasteiger partial charge is 0.368 e. The van der Waals surface area contributed by atoms with Crippen molar-refractivity contribution in [3.63, 3.8) is 0 Å². The number of hydroxylamine groups is 1. The zero-order valence-corrected chi connectivity index (χ0v) is 17.7. The van der Waals surface area contributed by atoms with Crippen molar-refractivity contribution in [2.45, 2.75) is 13.0 Å². The van der Waals surface area contributed by atoms with Gasteiger partial charge in [0.15, 0.2) is 5.52 Å². The summed E-state index contributed by atoms with van der Waals surface area (Å²) in [5.74, 6) is -0.113. The van der Waals surface area contributed by atoms with E-state index in [2.05, 4.69) is 20.4 Å². The predicted molar refractivity (Wildman–Crippen MR) is 118 cm³/mol. The van der Waals surface area contributed by atoms with Crippen molar-refractivity contribution >= 4 is 40.4 Å². The number of nitrogens with two attached hydrogens (primary N) is 2. The Morgan fingerprint density at radius 3 is 2.61 bits per heavy atom.